The highest BCUT2D eigenvalue weighted by Crippen LogP contribution is 2.34. The molecule has 0 aromatic heterocycles. The predicted octanol–water partition coefficient (Wildman–Crippen LogP) is 4.89. The van der Waals surface area contributed by atoms with Gasteiger partial charge in [0, 0.05) is 23.8 Å². The van der Waals surface area contributed by atoms with Crippen LogP contribution in [0.4, 0.5) is 4.39 Å². The van der Waals surface area contributed by atoms with Crippen molar-refractivity contribution in [1.82, 2.24) is 0 Å². The number of rotatable bonds is 7. The lowest BCUT2D eigenvalue weighted by Crippen LogP contribution is -2.31. The first-order valence-corrected chi connectivity index (χ1v) is 8.27. The molecule has 0 N–H and O–H groups in total. The van der Waals surface area contributed by atoms with Crippen molar-refractivity contribution in [1.29, 1.82) is 0 Å². The highest BCUT2D eigenvalue weighted by molar-refractivity contribution is 6.22. The molecule has 0 spiro atoms. The van der Waals surface area contributed by atoms with Gasteiger partial charge in [0.15, 0.2) is 0 Å². The first-order valence-electron chi connectivity index (χ1n) is 7.20. The molecule has 2 rings (SSSR count). The molecule has 1 nitrogen and oxygen atoms in total. The SMILES string of the molecule is Fc1ccc(C(CCl)(CCl)CCCC2CCCO2)cc1. The van der Waals surface area contributed by atoms with Gasteiger partial charge in [0.05, 0.1) is 6.10 Å². The predicted molar refractivity (Wildman–Crippen MR) is 82.3 cm³/mol. The lowest BCUT2D eigenvalue weighted by Gasteiger charge is -2.30. The molecule has 0 saturated carbocycles. The van der Waals surface area contributed by atoms with Crippen LogP contribution in [0.5, 0.6) is 0 Å². The van der Waals surface area contributed by atoms with Crippen LogP contribution in [0.15, 0.2) is 24.3 Å². The van der Waals surface area contributed by atoms with Crippen molar-refractivity contribution in [3.63, 3.8) is 0 Å². The van der Waals surface area contributed by atoms with E-state index in [4.69, 9.17) is 27.9 Å². The first kappa shape index (κ1) is 16.1. The molecule has 0 amide bonds. The van der Waals surface area contributed by atoms with Crippen molar-refractivity contribution in [2.24, 2.45) is 0 Å². The quantitative estimate of drug-likeness (QED) is 0.650. The third kappa shape index (κ3) is 3.87. The van der Waals surface area contributed by atoms with E-state index in [0.717, 1.165) is 37.9 Å². The zero-order chi connectivity index (χ0) is 14.4. The minimum absolute atomic E-state index is 0.230. The highest BCUT2D eigenvalue weighted by atomic mass is 35.5. The Morgan fingerprint density at radius 2 is 1.90 bits per heavy atom. The molecule has 1 aromatic carbocycles. The molecule has 1 atom stereocenters. The molecule has 112 valence electrons. The number of halogens is 3. The van der Waals surface area contributed by atoms with Crippen LogP contribution in [0.2, 0.25) is 0 Å². The van der Waals surface area contributed by atoms with Crippen molar-refractivity contribution >= 4 is 23.2 Å². The van der Waals surface area contributed by atoms with E-state index in [1.807, 2.05) is 0 Å². The van der Waals surface area contributed by atoms with Crippen LogP contribution in [0, 0.1) is 5.82 Å². The fraction of sp³-hybridized carbons (Fsp3) is 0.625. The van der Waals surface area contributed by atoms with Crippen LogP contribution < -0.4 is 0 Å². The van der Waals surface area contributed by atoms with E-state index in [2.05, 4.69) is 0 Å². The van der Waals surface area contributed by atoms with E-state index in [0.29, 0.717) is 17.9 Å². The zero-order valence-electron chi connectivity index (χ0n) is 11.6. The molecule has 0 bridgehead atoms. The Balaban J connectivity index is 1.98. The van der Waals surface area contributed by atoms with Gasteiger partial charge in [-0.25, -0.2) is 4.39 Å². The second-order valence-electron chi connectivity index (χ2n) is 5.58. The van der Waals surface area contributed by atoms with E-state index < -0.39 is 0 Å². The van der Waals surface area contributed by atoms with Gasteiger partial charge in [-0.05, 0) is 49.8 Å². The molecule has 4 heteroatoms. The van der Waals surface area contributed by atoms with Crippen molar-refractivity contribution in [2.75, 3.05) is 18.4 Å². The summed E-state index contributed by atoms with van der Waals surface area (Å²) in [5.41, 5.74) is 0.756. The summed E-state index contributed by atoms with van der Waals surface area (Å²) < 4.78 is 18.7. The molecule has 1 heterocycles. The van der Waals surface area contributed by atoms with E-state index >= 15 is 0 Å². The standard InChI is InChI=1S/C16H21Cl2FO/c17-11-16(12-18,13-5-7-14(19)8-6-13)9-1-3-15-4-2-10-20-15/h5-8,15H,1-4,9-12H2. The molecule has 1 aliphatic rings. The Morgan fingerprint density at radius 3 is 2.45 bits per heavy atom. The lowest BCUT2D eigenvalue weighted by molar-refractivity contribution is 0.101. The largest absolute Gasteiger partial charge is 0.378 e. The van der Waals surface area contributed by atoms with Gasteiger partial charge in [0.2, 0.25) is 0 Å². The molecule has 1 fully saturated rings. The van der Waals surface area contributed by atoms with Gasteiger partial charge >= 0.3 is 0 Å². The van der Waals surface area contributed by atoms with Crippen LogP contribution >= 0.6 is 23.2 Å². The van der Waals surface area contributed by atoms with Crippen LogP contribution in [-0.4, -0.2) is 24.5 Å². The third-order valence-electron chi connectivity index (χ3n) is 4.17. The summed E-state index contributed by atoms with van der Waals surface area (Å²) in [7, 11) is 0. The van der Waals surface area contributed by atoms with Crippen LogP contribution in [0.3, 0.4) is 0 Å². The minimum atomic E-state index is -0.268. The summed E-state index contributed by atoms with van der Waals surface area (Å²) in [6.45, 7) is 0.888. The monoisotopic (exact) mass is 318 g/mol. The number of hydrogen-bond donors (Lipinski definition) is 0. The van der Waals surface area contributed by atoms with Gasteiger partial charge in [-0.2, -0.15) is 0 Å². The van der Waals surface area contributed by atoms with Crippen LogP contribution in [0.25, 0.3) is 0 Å². The van der Waals surface area contributed by atoms with E-state index in [9.17, 15) is 4.39 Å². The zero-order valence-corrected chi connectivity index (χ0v) is 13.1. The van der Waals surface area contributed by atoms with Gasteiger partial charge in [0.25, 0.3) is 0 Å². The fourth-order valence-corrected chi connectivity index (χ4v) is 3.67. The smallest absolute Gasteiger partial charge is 0.123 e. The summed E-state index contributed by atoms with van der Waals surface area (Å²) in [6, 6.07) is 6.55. The molecule has 1 unspecified atom stereocenters. The second-order valence-corrected chi connectivity index (χ2v) is 6.12. The Hall–Kier alpha value is -0.310. The van der Waals surface area contributed by atoms with Crippen LogP contribution in [0.1, 0.15) is 37.7 Å². The Morgan fingerprint density at radius 1 is 1.20 bits per heavy atom. The van der Waals surface area contributed by atoms with Crippen LogP contribution in [-0.2, 0) is 10.2 Å². The van der Waals surface area contributed by atoms with Gasteiger partial charge < -0.3 is 4.74 Å². The Labute approximate surface area is 130 Å². The van der Waals surface area contributed by atoms with Crippen molar-refractivity contribution < 1.29 is 9.13 Å². The normalized spacial score (nSPS) is 19.4. The number of benzene rings is 1. The van der Waals surface area contributed by atoms with Crippen molar-refractivity contribution in [2.45, 2.75) is 43.6 Å². The van der Waals surface area contributed by atoms with Crippen molar-refractivity contribution in [3.05, 3.63) is 35.6 Å². The molecule has 0 radical (unpaired) electrons. The topological polar surface area (TPSA) is 9.23 Å². The molecular weight excluding hydrogens is 298 g/mol. The van der Waals surface area contributed by atoms with E-state index in [-0.39, 0.29) is 11.2 Å². The average molecular weight is 319 g/mol. The maximum atomic E-state index is 13.1. The third-order valence-corrected chi connectivity index (χ3v) is 5.20. The first-order chi connectivity index (χ1) is 9.70. The summed E-state index contributed by atoms with van der Waals surface area (Å²) >= 11 is 12.4. The average Bonchev–Trinajstić information content (AvgIpc) is 2.98. The van der Waals surface area contributed by atoms with Gasteiger partial charge in [-0.1, -0.05) is 12.1 Å². The lowest BCUT2D eigenvalue weighted by atomic mass is 9.79. The summed E-state index contributed by atoms with van der Waals surface area (Å²) in [5, 5.41) is 0. The number of alkyl halides is 2. The minimum Gasteiger partial charge on any atom is -0.378 e. The van der Waals surface area contributed by atoms with Crippen molar-refractivity contribution in [3.8, 4) is 0 Å². The van der Waals surface area contributed by atoms with E-state index in [1.165, 1.54) is 18.6 Å². The second kappa shape index (κ2) is 7.63. The molecule has 1 saturated heterocycles. The summed E-state index contributed by atoms with van der Waals surface area (Å²) in [6.07, 6.45) is 5.71. The van der Waals surface area contributed by atoms with E-state index in [1.54, 1.807) is 12.1 Å². The molecule has 0 aliphatic carbocycles. The Kier molecular flexibility index (Phi) is 6.13. The Bertz CT molecular complexity index is 397. The maximum Gasteiger partial charge on any atom is 0.123 e. The molecular formula is C16H21Cl2FO. The molecule has 1 aromatic rings. The molecule has 20 heavy (non-hydrogen) atoms. The fourth-order valence-electron chi connectivity index (χ4n) is 2.81. The molecule has 1 aliphatic heterocycles. The van der Waals surface area contributed by atoms with Gasteiger partial charge in [-0.15, -0.1) is 23.2 Å². The number of ether oxygens (including phenoxy) is 1. The number of hydrogen-bond acceptors (Lipinski definition) is 1. The summed E-state index contributed by atoms with van der Waals surface area (Å²) in [5.74, 6) is 0.674. The summed E-state index contributed by atoms with van der Waals surface area (Å²) in [4.78, 5) is 0. The van der Waals surface area contributed by atoms with Gasteiger partial charge in [0.1, 0.15) is 5.82 Å². The maximum absolute atomic E-state index is 13.1. The van der Waals surface area contributed by atoms with Gasteiger partial charge in [-0.3, -0.25) is 0 Å². The highest BCUT2D eigenvalue weighted by Gasteiger charge is 2.30.